The summed E-state index contributed by atoms with van der Waals surface area (Å²) in [7, 11) is 1.84. The smallest absolute Gasteiger partial charge is 0.348 e. The lowest BCUT2D eigenvalue weighted by Crippen LogP contribution is -2.38. The van der Waals surface area contributed by atoms with Gasteiger partial charge in [-0.05, 0) is 0 Å². The van der Waals surface area contributed by atoms with Gasteiger partial charge in [0, 0.05) is 20.1 Å². The molecular weight excluding hydrogens is 222 g/mol. The number of rotatable bonds is 1. The molecule has 2 aromatic heterocycles. The molecule has 0 unspecified atom stereocenters. The van der Waals surface area contributed by atoms with E-state index >= 15 is 0 Å². The summed E-state index contributed by atoms with van der Waals surface area (Å²) in [6, 6.07) is 0. The molecule has 1 saturated heterocycles. The molecule has 0 aromatic carbocycles. The Morgan fingerprint density at radius 3 is 2.94 bits per heavy atom. The largest absolute Gasteiger partial charge is 0.378 e. The zero-order valence-electron chi connectivity index (χ0n) is 9.51. The van der Waals surface area contributed by atoms with E-state index in [0.29, 0.717) is 24.7 Å². The average molecular weight is 235 g/mol. The van der Waals surface area contributed by atoms with Crippen LogP contribution >= 0.6 is 0 Å². The van der Waals surface area contributed by atoms with Crippen LogP contribution in [-0.2, 0) is 11.8 Å². The van der Waals surface area contributed by atoms with Crippen molar-refractivity contribution in [3.63, 3.8) is 0 Å². The lowest BCUT2D eigenvalue weighted by Gasteiger charge is -2.27. The molecule has 3 heterocycles. The first-order valence-electron chi connectivity index (χ1n) is 5.50. The molecule has 0 amide bonds. The molecule has 0 spiro atoms. The highest BCUT2D eigenvalue weighted by molar-refractivity contribution is 5.83. The predicted octanol–water partition coefficient (Wildman–Crippen LogP) is -0.507. The third-order valence-electron chi connectivity index (χ3n) is 2.89. The minimum Gasteiger partial charge on any atom is -0.378 e. The van der Waals surface area contributed by atoms with Crippen LogP contribution < -0.4 is 10.6 Å². The molecule has 1 fully saturated rings. The fourth-order valence-electron chi connectivity index (χ4n) is 2.02. The second-order valence-corrected chi connectivity index (χ2v) is 4.02. The van der Waals surface area contributed by atoms with Crippen molar-refractivity contribution in [1.82, 2.24) is 19.5 Å². The number of nitrogens with one attached hydrogen (secondary N) is 1. The van der Waals surface area contributed by atoms with Crippen molar-refractivity contribution in [2.24, 2.45) is 7.05 Å². The Morgan fingerprint density at radius 2 is 2.18 bits per heavy atom. The topological polar surface area (TPSA) is 76.0 Å². The number of ether oxygens (including phenoxy) is 1. The molecule has 1 aliphatic heterocycles. The second kappa shape index (κ2) is 3.85. The Labute approximate surface area is 97.0 Å². The van der Waals surface area contributed by atoms with E-state index in [2.05, 4.69) is 15.0 Å². The molecule has 0 bridgehead atoms. The van der Waals surface area contributed by atoms with E-state index in [4.69, 9.17) is 4.74 Å². The van der Waals surface area contributed by atoms with Gasteiger partial charge in [-0.2, -0.15) is 4.98 Å². The maximum Gasteiger partial charge on any atom is 0.348 e. The van der Waals surface area contributed by atoms with Crippen LogP contribution in [0.4, 0.5) is 5.82 Å². The third kappa shape index (κ3) is 1.68. The Bertz CT molecular complexity index is 596. The third-order valence-corrected chi connectivity index (χ3v) is 2.89. The lowest BCUT2D eigenvalue weighted by atomic mass is 10.4. The van der Waals surface area contributed by atoms with Crippen LogP contribution in [-0.4, -0.2) is 45.8 Å². The zero-order valence-corrected chi connectivity index (χ0v) is 9.51. The molecule has 2 aromatic rings. The van der Waals surface area contributed by atoms with Crippen LogP contribution in [0.3, 0.4) is 0 Å². The van der Waals surface area contributed by atoms with Crippen molar-refractivity contribution >= 4 is 17.0 Å². The minimum absolute atomic E-state index is 0.345. The van der Waals surface area contributed by atoms with Crippen LogP contribution in [0.15, 0.2) is 11.1 Å². The van der Waals surface area contributed by atoms with Gasteiger partial charge in [0.25, 0.3) is 0 Å². The summed E-state index contributed by atoms with van der Waals surface area (Å²) < 4.78 is 7.07. The van der Waals surface area contributed by atoms with Gasteiger partial charge >= 0.3 is 5.69 Å². The van der Waals surface area contributed by atoms with Gasteiger partial charge in [-0.1, -0.05) is 0 Å². The van der Waals surface area contributed by atoms with Gasteiger partial charge in [0.15, 0.2) is 5.82 Å². The first-order chi connectivity index (χ1) is 8.25. The van der Waals surface area contributed by atoms with E-state index in [1.807, 2.05) is 11.9 Å². The van der Waals surface area contributed by atoms with Crippen molar-refractivity contribution in [2.75, 3.05) is 31.2 Å². The summed E-state index contributed by atoms with van der Waals surface area (Å²) in [6.45, 7) is 2.79. The van der Waals surface area contributed by atoms with Gasteiger partial charge in [0.05, 0.1) is 19.5 Å². The highest BCUT2D eigenvalue weighted by Crippen LogP contribution is 2.20. The highest BCUT2D eigenvalue weighted by Gasteiger charge is 2.18. The fourth-order valence-corrected chi connectivity index (χ4v) is 2.02. The summed E-state index contributed by atoms with van der Waals surface area (Å²) >= 11 is 0. The summed E-state index contributed by atoms with van der Waals surface area (Å²) in [5.41, 5.74) is 1.09. The number of imidazole rings is 1. The maximum absolute atomic E-state index is 11.5. The van der Waals surface area contributed by atoms with Gasteiger partial charge in [-0.15, -0.1) is 0 Å². The van der Waals surface area contributed by atoms with Crippen LogP contribution in [0.2, 0.25) is 0 Å². The van der Waals surface area contributed by atoms with Gasteiger partial charge in [0.2, 0.25) is 0 Å². The molecular formula is C10H13N5O2. The number of anilines is 1. The molecule has 3 rings (SSSR count). The number of nitrogens with zero attached hydrogens (tertiary/aromatic N) is 4. The van der Waals surface area contributed by atoms with Gasteiger partial charge < -0.3 is 14.2 Å². The van der Waals surface area contributed by atoms with Crippen LogP contribution in [0.5, 0.6) is 0 Å². The highest BCUT2D eigenvalue weighted by atomic mass is 16.5. The van der Waals surface area contributed by atoms with Crippen molar-refractivity contribution in [3.05, 3.63) is 16.8 Å². The SMILES string of the molecule is Cn1cnc2c(N3CCOCC3)nc(=O)[nH]c21. The van der Waals surface area contributed by atoms with Crippen molar-refractivity contribution in [3.8, 4) is 0 Å². The molecule has 90 valence electrons. The molecule has 7 heteroatoms. The summed E-state index contributed by atoms with van der Waals surface area (Å²) in [4.78, 5) is 24.6. The van der Waals surface area contributed by atoms with Gasteiger partial charge in [-0.25, -0.2) is 9.78 Å². The molecule has 7 nitrogen and oxygen atoms in total. The number of aryl methyl sites for hydroxylation is 1. The normalized spacial score (nSPS) is 16.6. The first kappa shape index (κ1) is 10.3. The van der Waals surface area contributed by atoms with E-state index in [1.54, 1.807) is 10.9 Å². The van der Waals surface area contributed by atoms with Crippen molar-refractivity contribution < 1.29 is 4.74 Å². The summed E-state index contributed by atoms with van der Waals surface area (Å²) in [5, 5.41) is 0. The molecule has 17 heavy (non-hydrogen) atoms. The van der Waals surface area contributed by atoms with E-state index in [1.165, 1.54) is 0 Å². The molecule has 1 aliphatic rings. The Kier molecular flexibility index (Phi) is 2.32. The molecule has 0 radical (unpaired) electrons. The Morgan fingerprint density at radius 1 is 1.41 bits per heavy atom. The Hall–Kier alpha value is -1.89. The van der Waals surface area contributed by atoms with E-state index in [-0.39, 0.29) is 5.69 Å². The molecule has 1 N–H and O–H groups in total. The number of hydrogen-bond donors (Lipinski definition) is 1. The van der Waals surface area contributed by atoms with Crippen molar-refractivity contribution in [2.45, 2.75) is 0 Å². The fraction of sp³-hybridized carbons (Fsp3) is 0.500. The van der Waals surface area contributed by atoms with Crippen LogP contribution in [0.1, 0.15) is 0 Å². The minimum atomic E-state index is -0.345. The number of aromatic amines is 1. The number of aromatic nitrogens is 4. The summed E-state index contributed by atoms with van der Waals surface area (Å²) in [6.07, 6.45) is 1.67. The van der Waals surface area contributed by atoms with Crippen LogP contribution in [0.25, 0.3) is 11.2 Å². The Balaban J connectivity index is 2.17. The second-order valence-electron chi connectivity index (χ2n) is 4.02. The standard InChI is InChI=1S/C10H13N5O2/c1-14-6-11-7-8(14)12-10(16)13-9(7)15-2-4-17-5-3-15/h6H,2-5H2,1H3,(H,12,13,16). The van der Waals surface area contributed by atoms with Crippen LogP contribution in [0, 0.1) is 0 Å². The molecule has 0 atom stereocenters. The maximum atomic E-state index is 11.5. The first-order valence-corrected chi connectivity index (χ1v) is 5.50. The number of fused-ring (bicyclic) bond motifs is 1. The van der Waals surface area contributed by atoms with E-state index in [0.717, 1.165) is 18.6 Å². The summed E-state index contributed by atoms with van der Waals surface area (Å²) in [5.74, 6) is 0.646. The van der Waals surface area contributed by atoms with Gasteiger partial charge in [0.1, 0.15) is 11.2 Å². The quantitative estimate of drug-likeness (QED) is 0.720. The average Bonchev–Trinajstić information content (AvgIpc) is 2.72. The number of H-pyrrole nitrogens is 1. The number of morpholine rings is 1. The molecule has 0 saturated carbocycles. The zero-order chi connectivity index (χ0) is 11.8. The lowest BCUT2D eigenvalue weighted by molar-refractivity contribution is 0.122. The van der Waals surface area contributed by atoms with Crippen molar-refractivity contribution in [1.29, 1.82) is 0 Å². The van der Waals surface area contributed by atoms with Gasteiger partial charge in [-0.3, -0.25) is 4.98 Å². The predicted molar refractivity (Wildman–Crippen MR) is 62.2 cm³/mol. The number of hydrogen-bond acceptors (Lipinski definition) is 5. The van der Waals surface area contributed by atoms with E-state index < -0.39 is 0 Å². The van der Waals surface area contributed by atoms with E-state index in [9.17, 15) is 4.79 Å². The molecule has 0 aliphatic carbocycles. The monoisotopic (exact) mass is 235 g/mol.